The van der Waals surface area contributed by atoms with Gasteiger partial charge in [0.15, 0.2) is 0 Å². The number of rotatable bonds is 3. The largest absolute Gasteiger partial charge is 0.396 e. The Labute approximate surface area is 166 Å². The maximum absolute atomic E-state index is 13.5. The SMILES string of the molecule is CC12C[C@H](O)[C@](CCO)(O1)[C@@H]1C(=O)N(c3ccc(C#N)c4ncccc34)C(=O)[C@@H]12. The first-order valence-corrected chi connectivity index (χ1v) is 9.53. The minimum atomic E-state index is -1.27. The Morgan fingerprint density at radius 2 is 2.07 bits per heavy atom. The zero-order valence-corrected chi connectivity index (χ0v) is 15.7. The Morgan fingerprint density at radius 3 is 2.79 bits per heavy atom. The van der Waals surface area contributed by atoms with Crippen molar-refractivity contribution in [1.29, 1.82) is 5.26 Å². The van der Waals surface area contributed by atoms with E-state index in [0.29, 0.717) is 22.2 Å². The molecular formula is C21H19N3O5. The number of ether oxygens (including phenoxy) is 1. The maximum Gasteiger partial charge on any atom is 0.240 e. The molecule has 2 amide bonds. The Kier molecular flexibility index (Phi) is 3.65. The second kappa shape index (κ2) is 5.83. The van der Waals surface area contributed by atoms with E-state index in [2.05, 4.69) is 11.1 Å². The summed E-state index contributed by atoms with van der Waals surface area (Å²) < 4.78 is 6.08. The quantitative estimate of drug-likeness (QED) is 0.742. The zero-order chi connectivity index (χ0) is 20.6. The molecule has 148 valence electrons. The summed E-state index contributed by atoms with van der Waals surface area (Å²) in [6.45, 7) is 1.48. The number of aliphatic hydroxyl groups is 2. The third kappa shape index (κ3) is 2.10. The summed E-state index contributed by atoms with van der Waals surface area (Å²) in [7, 11) is 0. The van der Waals surface area contributed by atoms with Crippen molar-refractivity contribution in [2.75, 3.05) is 11.5 Å². The second-order valence-electron chi connectivity index (χ2n) is 8.17. The Morgan fingerprint density at radius 1 is 1.31 bits per heavy atom. The van der Waals surface area contributed by atoms with Crippen LogP contribution in [0.3, 0.4) is 0 Å². The van der Waals surface area contributed by atoms with E-state index in [1.54, 1.807) is 37.4 Å². The van der Waals surface area contributed by atoms with Gasteiger partial charge in [0.05, 0.1) is 40.3 Å². The molecule has 1 aromatic heterocycles. The molecule has 0 saturated carbocycles. The molecule has 2 N–H and O–H groups in total. The third-order valence-electron chi connectivity index (χ3n) is 6.69. The van der Waals surface area contributed by atoms with E-state index in [1.165, 1.54) is 0 Å². The first kappa shape index (κ1) is 18.2. The summed E-state index contributed by atoms with van der Waals surface area (Å²) >= 11 is 0. The van der Waals surface area contributed by atoms with Crippen molar-refractivity contribution in [3.8, 4) is 6.07 Å². The molecule has 2 bridgehead atoms. The van der Waals surface area contributed by atoms with Gasteiger partial charge in [-0.1, -0.05) is 0 Å². The predicted octanol–water partition coefficient (Wildman–Crippen LogP) is 0.887. The highest BCUT2D eigenvalue weighted by Crippen LogP contribution is 2.62. The second-order valence-corrected chi connectivity index (χ2v) is 8.17. The van der Waals surface area contributed by atoms with Crippen LogP contribution >= 0.6 is 0 Å². The normalized spacial score (nSPS) is 35.4. The molecule has 3 aliphatic heterocycles. The lowest BCUT2D eigenvalue weighted by Gasteiger charge is -2.34. The van der Waals surface area contributed by atoms with Crippen LogP contribution in [0.1, 0.15) is 25.3 Å². The van der Waals surface area contributed by atoms with Crippen molar-refractivity contribution >= 4 is 28.4 Å². The number of nitriles is 1. The fourth-order valence-electron chi connectivity index (χ4n) is 5.57. The topological polar surface area (TPSA) is 124 Å². The van der Waals surface area contributed by atoms with E-state index in [4.69, 9.17) is 4.74 Å². The molecule has 5 rings (SSSR count). The average molecular weight is 393 g/mol. The first-order valence-electron chi connectivity index (χ1n) is 9.53. The van der Waals surface area contributed by atoms with Gasteiger partial charge < -0.3 is 14.9 Å². The molecule has 0 aliphatic carbocycles. The molecule has 1 aromatic carbocycles. The van der Waals surface area contributed by atoms with E-state index in [9.17, 15) is 25.1 Å². The maximum atomic E-state index is 13.5. The number of carbonyl (C=O) groups excluding carboxylic acids is 2. The minimum absolute atomic E-state index is 0.0768. The van der Waals surface area contributed by atoms with Crippen molar-refractivity contribution in [3.63, 3.8) is 0 Å². The average Bonchev–Trinajstić information content (AvgIpc) is 3.23. The highest BCUT2D eigenvalue weighted by atomic mass is 16.6. The molecule has 0 spiro atoms. The van der Waals surface area contributed by atoms with E-state index in [-0.39, 0.29) is 25.4 Å². The molecule has 3 fully saturated rings. The van der Waals surface area contributed by atoms with Crippen LogP contribution < -0.4 is 4.90 Å². The molecule has 3 aliphatic rings. The summed E-state index contributed by atoms with van der Waals surface area (Å²) in [5, 5.41) is 30.1. The van der Waals surface area contributed by atoms with Crippen molar-refractivity contribution in [2.24, 2.45) is 11.8 Å². The van der Waals surface area contributed by atoms with Crippen LogP contribution in [0.4, 0.5) is 5.69 Å². The van der Waals surface area contributed by atoms with Crippen molar-refractivity contribution in [1.82, 2.24) is 4.98 Å². The van der Waals surface area contributed by atoms with Crippen LogP contribution in [0.25, 0.3) is 10.9 Å². The van der Waals surface area contributed by atoms with E-state index in [1.807, 2.05) is 0 Å². The summed E-state index contributed by atoms with van der Waals surface area (Å²) in [4.78, 5) is 32.3. The van der Waals surface area contributed by atoms with Crippen LogP contribution in [0, 0.1) is 23.2 Å². The first-order chi connectivity index (χ1) is 13.9. The predicted molar refractivity (Wildman–Crippen MR) is 100 cm³/mol. The van der Waals surface area contributed by atoms with Gasteiger partial charge in [-0.25, -0.2) is 4.90 Å². The van der Waals surface area contributed by atoms with Gasteiger partial charge >= 0.3 is 0 Å². The molecule has 8 heteroatoms. The summed E-state index contributed by atoms with van der Waals surface area (Å²) in [6.07, 6.45) is 0.929. The number of imide groups is 1. The number of nitrogens with zero attached hydrogens (tertiary/aromatic N) is 3. The third-order valence-corrected chi connectivity index (χ3v) is 6.69. The van der Waals surface area contributed by atoms with E-state index < -0.39 is 35.0 Å². The van der Waals surface area contributed by atoms with Gasteiger partial charge in [0.2, 0.25) is 11.8 Å². The minimum Gasteiger partial charge on any atom is -0.396 e. The van der Waals surface area contributed by atoms with Crippen molar-refractivity contribution in [3.05, 3.63) is 36.0 Å². The molecule has 2 aromatic rings. The van der Waals surface area contributed by atoms with Gasteiger partial charge in [-0.05, 0) is 31.2 Å². The highest BCUT2D eigenvalue weighted by Gasteiger charge is 2.77. The summed E-state index contributed by atoms with van der Waals surface area (Å²) in [5.74, 6) is -2.43. The Hall–Kier alpha value is -2.86. The lowest BCUT2D eigenvalue weighted by Crippen LogP contribution is -2.51. The number of amides is 2. The number of aliphatic hydroxyl groups excluding tert-OH is 2. The number of fused-ring (bicyclic) bond motifs is 6. The summed E-state index contributed by atoms with van der Waals surface area (Å²) in [6, 6.07) is 8.61. The van der Waals surface area contributed by atoms with Gasteiger partial charge in [0, 0.05) is 31.0 Å². The molecule has 29 heavy (non-hydrogen) atoms. The molecule has 3 saturated heterocycles. The number of pyridine rings is 1. The van der Waals surface area contributed by atoms with E-state index in [0.717, 1.165) is 4.90 Å². The van der Waals surface area contributed by atoms with Crippen LogP contribution in [0.5, 0.6) is 0 Å². The van der Waals surface area contributed by atoms with Crippen molar-refractivity contribution in [2.45, 2.75) is 37.1 Å². The number of benzene rings is 1. The lowest BCUT2D eigenvalue weighted by atomic mass is 9.66. The van der Waals surface area contributed by atoms with Crippen LogP contribution in [0.2, 0.25) is 0 Å². The monoisotopic (exact) mass is 393 g/mol. The standard InChI is InChI=1S/C21H19N3O5/c1-20-9-14(26)21(29-20,6-8-25)16-15(20)18(27)24(19(16)28)13-5-4-11(10-22)17-12(13)3-2-7-23-17/h2-5,7,14-16,25-26H,6,8-9H2,1H3/t14-,15+,16-,20?,21-/m0/s1. The lowest BCUT2D eigenvalue weighted by molar-refractivity contribution is -0.137. The molecule has 8 nitrogen and oxygen atoms in total. The molecule has 0 radical (unpaired) electrons. The van der Waals surface area contributed by atoms with Gasteiger partial charge in [-0.15, -0.1) is 0 Å². The number of hydrogen-bond donors (Lipinski definition) is 2. The van der Waals surface area contributed by atoms with Crippen LogP contribution in [0.15, 0.2) is 30.5 Å². The van der Waals surface area contributed by atoms with Gasteiger partial charge in [-0.2, -0.15) is 5.26 Å². The van der Waals surface area contributed by atoms with E-state index >= 15 is 0 Å². The molecule has 5 atom stereocenters. The van der Waals surface area contributed by atoms with Crippen LogP contribution in [-0.4, -0.2) is 50.9 Å². The van der Waals surface area contributed by atoms with Gasteiger partial charge in [-0.3, -0.25) is 14.6 Å². The molecule has 1 unspecified atom stereocenters. The van der Waals surface area contributed by atoms with Crippen molar-refractivity contribution < 1.29 is 24.5 Å². The fraction of sp³-hybridized carbons (Fsp3) is 0.429. The summed E-state index contributed by atoms with van der Waals surface area (Å²) in [5.41, 5.74) is -1.10. The number of anilines is 1. The van der Waals surface area contributed by atoms with Gasteiger partial charge in [0.1, 0.15) is 11.7 Å². The Bertz CT molecular complexity index is 1110. The van der Waals surface area contributed by atoms with Gasteiger partial charge in [0.25, 0.3) is 0 Å². The number of aromatic nitrogens is 1. The molecular weight excluding hydrogens is 374 g/mol. The smallest absolute Gasteiger partial charge is 0.240 e. The number of hydrogen-bond acceptors (Lipinski definition) is 7. The Balaban J connectivity index is 1.68. The number of carbonyl (C=O) groups is 2. The zero-order valence-electron chi connectivity index (χ0n) is 15.7. The molecule has 4 heterocycles. The highest BCUT2D eigenvalue weighted by molar-refractivity contribution is 6.26. The van der Waals surface area contributed by atoms with Crippen LogP contribution in [-0.2, 0) is 14.3 Å². The fourth-order valence-corrected chi connectivity index (χ4v) is 5.57.